The summed E-state index contributed by atoms with van der Waals surface area (Å²) in [5, 5.41) is 7.99. The molecular weight excluding hydrogens is 379 g/mol. The number of aromatic nitrogens is 3. The van der Waals surface area contributed by atoms with E-state index < -0.39 is 12.6 Å². The van der Waals surface area contributed by atoms with Gasteiger partial charge in [-0.25, -0.2) is 9.50 Å². The maximum atomic E-state index is 12.5. The van der Waals surface area contributed by atoms with Crippen LogP contribution >= 0.6 is 0 Å². The Bertz CT molecular complexity index is 936. The molecule has 0 aromatic carbocycles. The highest BCUT2D eigenvalue weighted by molar-refractivity contribution is 5.76. The molecule has 0 bridgehead atoms. The van der Waals surface area contributed by atoms with Crippen molar-refractivity contribution in [3.05, 3.63) is 42.4 Å². The van der Waals surface area contributed by atoms with Crippen LogP contribution in [0.2, 0.25) is 0 Å². The Balaban J connectivity index is 1.50. The number of nitrogens with one attached hydrogen (secondary N) is 1. The molecular formula is C21H26F3N5. The number of nitrogens with zero attached hydrogens (tertiary/aromatic N) is 3. The highest BCUT2D eigenvalue weighted by atomic mass is 19.4. The summed E-state index contributed by atoms with van der Waals surface area (Å²) in [6.07, 6.45) is 2.26. The van der Waals surface area contributed by atoms with E-state index in [0.717, 1.165) is 35.7 Å². The first-order valence-corrected chi connectivity index (χ1v) is 10.0. The largest absolute Gasteiger partial charge is 0.399 e. The molecule has 2 aromatic rings. The number of hydrogen-bond donors (Lipinski definition) is 2. The van der Waals surface area contributed by atoms with Crippen LogP contribution in [-0.2, 0) is 6.42 Å². The molecule has 0 aliphatic heterocycles. The van der Waals surface area contributed by atoms with E-state index in [2.05, 4.69) is 23.5 Å². The number of hydrogen-bond acceptors (Lipinski definition) is 4. The van der Waals surface area contributed by atoms with Gasteiger partial charge >= 0.3 is 6.18 Å². The van der Waals surface area contributed by atoms with E-state index in [4.69, 9.17) is 10.8 Å². The minimum absolute atomic E-state index is 0.00749. The standard InChI is InChI=1S/C21H26F3N5/c1-12(25)19-17(6-5-14-3-4-14)28-29-18(7-8-26-20(19)29)13(2)27-16-9-15(10-16)11-21(22,23)24/h7-8,14-16,27H,1-6,9-11,25H2. The van der Waals surface area contributed by atoms with E-state index >= 15 is 0 Å². The predicted molar refractivity (Wildman–Crippen MR) is 107 cm³/mol. The van der Waals surface area contributed by atoms with Crippen molar-refractivity contribution in [1.29, 1.82) is 0 Å². The molecule has 2 saturated carbocycles. The Morgan fingerprint density at radius 2 is 1.97 bits per heavy atom. The molecule has 0 unspecified atom stereocenters. The number of nitrogens with two attached hydrogens (primary N) is 1. The van der Waals surface area contributed by atoms with E-state index in [1.807, 2.05) is 0 Å². The van der Waals surface area contributed by atoms with Gasteiger partial charge in [-0.2, -0.15) is 18.3 Å². The van der Waals surface area contributed by atoms with Gasteiger partial charge in [0.1, 0.15) is 0 Å². The monoisotopic (exact) mass is 405 g/mol. The molecule has 156 valence electrons. The van der Waals surface area contributed by atoms with Crippen LogP contribution in [0.5, 0.6) is 0 Å². The van der Waals surface area contributed by atoms with Gasteiger partial charge in [-0.05, 0) is 43.6 Å². The Hall–Kier alpha value is -2.51. The second-order valence-electron chi connectivity index (χ2n) is 8.37. The van der Waals surface area contributed by atoms with Crippen molar-refractivity contribution in [3.8, 4) is 0 Å². The summed E-state index contributed by atoms with van der Waals surface area (Å²) in [4.78, 5) is 4.44. The van der Waals surface area contributed by atoms with Crippen molar-refractivity contribution in [2.45, 2.75) is 57.2 Å². The van der Waals surface area contributed by atoms with Gasteiger partial charge in [0, 0.05) is 24.4 Å². The second-order valence-corrected chi connectivity index (χ2v) is 8.37. The molecule has 29 heavy (non-hydrogen) atoms. The fourth-order valence-corrected chi connectivity index (χ4v) is 4.14. The lowest BCUT2D eigenvalue weighted by molar-refractivity contribution is -0.151. The van der Waals surface area contributed by atoms with Crippen LogP contribution in [0.4, 0.5) is 13.2 Å². The maximum absolute atomic E-state index is 12.5. The van der Waals surface area contributed by atoms with Crippen LogP contribution in [0.3, 0.4) is 0 Å². The molecule has 2 aliphatic carbocycles. The Labute approximate surface area is 167 Å². The van der Waals surface area contributed by atoms with Crippen molar-refractivity contribution in [1.82, 2.24) is 19.9 Å². The molecule has 2 heterocycles. The summed E-state index contributed by atoms with van der Waals surface area (Å²) in [7, 11) is 0. The zero-order valence-corrected chi connectivity index (χ0v) is 16.3. The summed E-state index contributed by atoms with van der Waals surface area (Å²) < 4.78 is 39.2. The first-order valence-electron chi connectivity index (χ1n) is 10.0. The van der Waals surface area contributed by atoms with E-state index in [0.29, 0.717) is 29.9 Å². The number of aryl methyl sites for hydroxylation is 1. The zero-order valence-electron chi connectivity index (χ0n) is 16.3. The van der Waals surface area contributed by atoms with Gasteiger partial charge in [0.25, 0.3) is 0 Å². The summed E-state index contributed by atoms with van der Waals surface area (Å²) >= 11 is 0. The van der Waals surface area contributed by atoms with Gasteiger partial charge in [-0.3, -0.25) is 0 Å². The van der Waals surface area contributed by atoms with Crippen LogP contribution < -0.4 is 11.1 Å². The fourth-order valence-electron chi connectivity index (χ4n) is 4.14. The third-order valence-electron chi connectivity index (χ3n) is 5.84. The van der Waals surface area contributed by atoms with E-state index in [-0.39, 0.29) is 12.0 Å². The fraction of sp³-hybridized carbons (Fsp3) is 0.524. The second kappa shape index (κ2) is 7.39. The molecule has 2 aromatic heterocycles. The Kier molecular flexibility index (Phi) is 5.04. The SMILES string of the molecule is C=C(N)c1c(CCC2CC2)nn2c(C(=C)NC3CC(CC(F)(F)F)C3)ccnc12. The normalized spacial score (nSPS) is 21.8. The molecule has 8 heteroatoms. The van der Waals surface area contributed by atoms with Gasteiger partial charge in [-0.1, -0.05) is 26.0 Å². The molecule has 2 aliphatic rings. The van der Waals surface area contributed by atoms with E-state index in [1.54, 1.807) is 16.8 Å². The molecule has 0 radical (unpaired) electrons. The summed E-state index contributed by atoms with van der Waals surface area (Å²) in [5.74, 6) is 0.453. The third kappa shape index (κ3) is 4.41. The van der Waals surface area contributed by atoms with Crippen molar-refractivity contribution in [3.63, 3.8) is 0 Å². The first kappa shape index (κ1) is 19.8. The first-order chi connectivity index (χ1) is 13.7. The van der Waals surface area contributed by atoms with Crippen LogP contribution in [0.25, 0.3) is 17.0 Å². The van der Waals surface area contributed by atoms with Gasteiger partial charge in [0.05, 0.1) is 22.6 Å². The molecule has 3 N–H and O–H groups in total. The van der Waals surface area contributed by atoms with Crippen molar-refractivity contribution in [2.24, 2.45) is 17.6 Å². The number of alkyl halides is 3. The molecule has 4 rings (SSSR count). The average molecular weight is 405 g/mol. The quantitative estimate of drug-likeness (QED) is 0.687. The van der Waals surface area contributed by atoms with Crippen molar-refractivity contribution >= 4 is 17.0 Å². The molecule has 2 fully saturated rings. The smallest absolute Gasteiger partial charge is 0.389 e. The number of rotatable bonds is 8. The Morgan fingerprint density at radius 1 is 1.24 bits per heavy atom. The van der Waals surface area contributed by atoms with Crippen LogP contribution in [-0.4, -0.2) is 26.8 Å². The molecule has 0 saturated heterocycles. The summed E-state index contributed by atoms with van der Waals surface area (Å²) in [6, 6.07) is 1.79. The summed E-state index contributed by atoms with van der Waals surface area (Å²) in [6.45, 7) is 7.98. The minimum Gasteiger partial charge on any atom is -0.399 e. The van der Waals surface area contributed by atoms with Gasteiger partial charge in [0.2, 0.25) is 0 Å². The third-order valence-corrected chi connectivity index (χ3v) is 5.84. The Morgan fingerprint density at radius 3 is 2.59 bits per heavy atom. The lowest BCUT2D eigenvalue weighted by Crippen LogP contribution is -2.41. The van der Waals surface area contributed by atoms with Crippen molar-refractivity contribution in [2.75, 3.05) is 0 Å². The van der Waals surface area contributed by atoms with Crippen LogP contribution in [0, 0.1) is 11.8 Å². The number of fused-ring (bicyclic) bond motifs is 1. The molecule has 0 atom stereocenters. The number of halogens is 3. The lowest BCUT2D eigenvalue weighted by atomic mass is 9.78. The minimum atomic E-state index is -4.10. The topological polar surface area (TPSA) is 68.2 Å². The molecule has 5 nitrogen and oxygen atoms in total. The van der Waals surface area contributed by atoms with Gasteiger partial charge in [-0.15, -0.1) is 0 Å². The zero-order chi connectivity index (χ0) is 20.8. The molecule has 0 spiro atoms. The molecule has 0 amide bonds. The van der Waals surface area contributed by atoms with Gasteiger partial charge in [0.15, 0.2) is 5.65 Å². The maximum Gasteiger partial charge on any atom is 0.389 e. The lowest BCUT2D eigenvalue weighted by Gasteiger charge is -2.37. The summed E-state index contributed by atoms with van der Waals surface area (Å²) in [5.41, 5.74) is 10.1. The average Bonchev–Trinajstić information content (AvgIpc) is 3.34. The highest BCUT2D eigenvalue weighted by Gasteiger charge is 2.39. The van der Waals surface area contributed by atoms with Gasteiger partial charge < -0.3 is 11.1 Å². The van der Waals surface area contributed by atoms with E-state index in [1.165, 1.54) is 12.8 Å². The van der Waals surface area contributed by atoms with Crippen molar-refractivity contribution < 1.29 is 13.2 Å². The highest BCUT2D eigenvalue weighted by Crippen LogP contribution is 2.38. The predicted octanol–water partition coefficient (Wildman–Crippen LogP) is 4.29. The van der Waals surface area contributed by atoms with E-state index in [9.17, 15) is 13.2 Å². The van der Waals surface area contributed by atoms with Crippen LogP contribution in [0.1, 0.15) is 55.5 Å². The van der Waals surface area contributed by atoms with Crippen LogP contribution in [0.15, 0.2) is 25.4 Å².